The first-order chi connectivity index (χ1) is 6.33. The Hall–Kier alpha value is -0.340. The van der Waals surface area contributed by atoms with Crippen LogP contribution in [0.25, 0.3) is 0 Å². The van der Waals surface area contributed by atoms with Crippen molar-refractivity contribution in [2.45, 2.75) is 50.7 Å². The van der Waals surface area contributed by atoms with E-state index in [2.05, 4.69) is 6.58 Å². The van der Waals surface area contributed by atoms with Gasteiger partial charge < -0.3 is 9.84 Å². The predicted octanol–water partition coefficient (Wildman–Crippen LogP) is 2.27. The van der Waals surface area contributed by atoms with Crippen LogP contribution in [0.2, 0.25) is 0 Å². The van der Waals surface area contributed by atoms with E-state index in [0.29, 0.717) is 12.5 Å². The Morgan fingerprint density at radius 2 is 2.38 bits per heavy atom. The van der Waals surface area contributed by atoms with Crippen LogP contribution in [0.4, 0.5) is 0 Å². The average Bonchev–Trinajstić information content (AvgIpc) is 2.17. The zero-order valence-corrected chi connectivity index (χ0v) is 8.24. The Kier molecular flexibility index (Phi) is 5.09. The average molecular weight is 184 g/mol. The molecule has 0 aromatic rings. The van der Waals surface area contributed by atoms with Crippen LogP contribution in [0.5, 0.6) is 0 Å². The Morgan fingerprint density at radius 3 is 3.00 bits per heavy atom. The quantitative estimate of drug-likeness (QED) is 0.664. The first-order valence-corrected chi connectivity index (χ1v) is 5.23. The molecule has 1 heterocycles. The molecule has 2 heteroatoms. The highest BCUT2D eigenvalue weighted by atomic mass is 16.5. The molecular formula is C11H20O2. The second-order valence-corrected chi connectivity index (χ2v) is 3.74. The van der Waals surface area contributed by atoms with Gasteiger partial charge in [-0.05, 0) is 38.5 Å². The molecule has 1 aliphatic heterocycles. The number of rotatable bonds is 5. The maximum Gasteiger partial charge on any atom is 0.0576 e. The molecule has 2 atom stereocenters. The highest BCUT2D eigenvalue weighted by Crippen LogP contribution is 2.18. The molecular weight excluding hydrogens is 164 g/mol. The largest absolute Gasteiger partial charge is 0.393 e. The van der Waals surface area contributed by atoms with Crippen LogP contribution in [0.3, 0.4) is 0 Å². The fraction of sp³-hybridized carbons (Fsp3) is 0.818. The van der Waals surface area contributed by atoms with Crippen LogP contribution in [0, 0.1) is 0 Å². The molecule has 0 aromatic carbocycles. The lowest BCUT2D eigenvalue weighted by Gasteiger charge is -2.23. The van der Waals surface area contributed by atoms with Crippen LogP contribution in [0.1, 0.15) is 38.5 Å². The number of hydrogen-bond donors (Lipinski definition) is 1. The highest BCUT2D eigenvalue weighted by Gasteiger charge is 2.14. The van der Waals surface area contributed by atoms with Crippen molar-refractivity contribution in [1.29, 1.82) is 0 Å². The van der Waals surface area contributed by atoms with Crippen molar-refractivity contribution in [3.8, 4) is 0 Å². The van der Waals surface area contributed by atoms with E-state index in [9.17, 15) is 5.11 Å². The fourth-order valence-electron chi connectivity index (χ4n) is 1.72. The lowest BCUT2D eigenvalue weighted by molar-refractivity contribution is 0.00251. The summed E-state index contributed by atoms with van der Waals surface area (Å²) in [5.41, 5.74) is 0. The van der Waals surface area contributed by atoms with E-state index < -0.39 is 0 Å². The third-order valence-corrected chi connectivity index (χ3v) is 2.53. The van der Waals surface area contributed by atoms with Crippen LogP contribution in [-0.2, 0) is 4.74 Å². The van der Waals surface area contributed by atoms with Crippen LogP contribution < -0.4 is 0 Å². The molecule has 1 saturated heterocycles. The van der Waals surface area contributed by atoms with Gasteiger partial charge in [0.15, 0.2) is 0 Å². The number of ether oxygens (including phenoxy) is 1. The lowest BCUT2D eigenvalue weighted by atomic mass is 10.0. The van der Waals surface area contributed by atoms with E-state index in [-0.39, 0.29) is 6.10 Å². The summed E-state index contributed by atoms with van der Waals surface area (Å²) in [6.45, 7) is 4.51. The molecule has 2 unspecified atom stereocenters. The molecule has 0 aliphatic carbocycles. The standard InChI is InChI=1S/C11H20O2/c1-2-5-10(12)7-8-11-6-3-4-9-13-11/h2,10-12H,1,3-9H2. The first-order valence-electron chi connectivity index (χ1n) is 5.23. The van der Waals surface area contributed by atoms with E-state index in [4.69, 9.17) is 4.74 Å². The molecule has 0 bridgehead atoms. The Bertz CT molecular complexity index is 139. The molecule has 0 spiro atoms. The molecule has 1 rings (SSSR count). The number of hydrogen-bond acceptors (Lipinski definition) is 2. The SMILES string of the molecule is C=CCC(O)CCC1CCCCO1. The zero-order chi connectivity index (χ0) is 9.52. The minimum atomic E-state index is -0.219. The van der Waals surface area contributed by atoms with Gasteiger partial charge in [-0.1, -0.05) is 6.08 Å². The third-order valence-electron chi connectivity index (χ3n) is 2.53. The van der Waals surface area contributed by atoms with E-state index in [1.807, 2.05) is 0 Å². The van der Waals surface area contributed by atoms with E-state index in [1.165, 1.54) is 19.3 Å². The summed E-state index contributed by atoms with van der Waals surface area (Å²) in [6.07, 6.45) is 8.13. The van der Waals surface area contributed by atoms with Crippen LogP contribution in [-0.4, -0.2) is 23.9 Å². The molecule has 0 radical (unpaired) electrons. The van der Waals surface area contributed by atoms with Crippen LogP contribution in [0.15, 0.2) is 12.7 Å². The molecule has 0 aromatic heterocycles. The molecule has 1 N–H and O–H groups in total. The molecule has 1 fully saturated rings. The van der Waals surface area contributed by atoms with Crippen LogP contribution >= 0.6 is 0 Å². The van der Waals surface area contributed by atoms with Gasteiger partial charge in [-0.2, -0.15) is 0 Å². The van der Waals surface area contributed by atoms with Gasteiger partial charge in [-0.3, -0.25) is 0 Å². The van der Waals surface area contributed by atoms with E-state index in [1.54, 1.807) is 6.08 Å². The topological polar surface area (TPSA) is 29.5 Å². The summed E-state index contributed by atoms with van der Waals surface area (Å²) in [4.78, 5) is 0. The number of aliphatic hydroxyl groups excluding tert-OH is 1. The molecule has 76 valence electrons. The maximum absolute atomic E-state index is 9.45. The summed E-state index contributed by atoms with van der Waals surface area (Å²) in [6, 6.07) is 0. The second kappa shape index (κ2) is 6.17. The summed E-state index contributed by atoms with van der Waals surface area (Å²) < 4.78 is 5.57. The smallest absolute Gasteiger partial charge is 0.0576 e. The monoisotopic (exact) mass is 184 g/mol. The molecule has 2 nitrogen and oxygen atoms in total. The van der Waals surface area contributed by atoms with E-state index >= 15 is 0 Å². The van der Waals surface area contributed by atoms with Gasteiger partial charge in [0, 0.05) is 6.61 Å². The van der Waals surface area contributed by atoms with Crippen molar-refractivity contribution in [3.63, 3.8) is 0 Å². The zero-order valence-electron chi connectivity index (χ0n) is 8.24. The fourth-order valence-corrected chi connectivity index (χ4v) is 1.72. The second-order valence-electron chi connectivity index (χ2n) is 3.74. The molecule has 13 heavy (non-hydrogen) atoms. The number of aliphatic hydroxyl groups is 1. The van der Waals surface area contributed by atoms with Gasteiger partial charge in [-0.15, -0.1) is 6.58 Å². The van der Waals surface area contributed by atoms with Gasteiger partial charge in [0.05, 0.1) is 12.2 Å². The van der Waals surface area contributed by atoms with Crippen molar-refractivity contribution in [3.05, 3.63) is 12.7 Å². The Balaban J connectivity index is 2.06. The predicted molar refractivity (Wildman–Crippen MR) is 53.6 cm³/mol. The molecule has 1 aliphatic rings. The summed E-state index contributed by atoms with van der Waals surface area (Å²) in [7, 11) is 0. The highest BCUT2D eigenvalue weighted by molar-refractivity contribution is 4.74. The summed E-state index contributed by atoms with van der Waals surface area (Å²) in [5.74, 6) is 0. The van der Waals surface area contributed by atoms with Crippen molar-refractivity contribution >= 4 is 0 Å². The van der Waals surface area contributed by atoms with Gasteiger partial charge in [0.25, 0.3) is 0 Å². The van der Waals surface area contributed by atoms with Gasteiger partial charge in [-0.25, -0.2) is 0 Å². The minimum absolute atomic E-state index is 0.219. The Labute approximate surface area is 80.6 Å². The summed E-state index contributed by atoms with van der Waals surface area (Å²) in [5, 5.41) is 9.45. The van der Waals surface area contributed by atoms with Crippen molar-refractivity contribution in [2.75, 3.05) is 6.61 Å². The van der Waals surface area contributed by atoms with Crippen molar-refractivity contribution < 1.29 is 9.84 Å². The summed E-state index contributed by atoms with van der Waals surface area (Å²) >= 11 is 0. The molecule has 0 saturated carbocycles. The lowest BCUT2D eigenvalue weighted by Crippen LogP contribution is -2.20. The minimum Gasteiger partial charge on any atom is -0.393 e. The van der Waals surface area contributed by atoms with Gasteiger partial charge >= 0.3 is 0 Å². The first kappa shape index (κ1) is 10.7. The van der Waals surface area contributed by atoms with Gasteiger partial charge in [0.2, 0.25) is 0 Å². The normalized spacial score (nSPS) is 25.5. The van der Waals surface area contributed by atoms with E-state index in [0.717, 1.165) is 19.4 Å². The van der Waals surface area contributed by atoms with Crippen molar-refractivity contribution in [2.24, 2.45) is 0 Å². The maximum atomic E-state index is 9.45. The van der Waals surface area contributed by atoms with Gasteiger partial charge in [0.1, 0.15) is 0 Å². The molecule has 0 amide bonds. The third kappa shape index (κ3) is 4.44. The Morgan fingerprint density at radius 1 is 1.54 bits per heavy atom. The van der Waals surface area contributed by atoms with Crippen molar-refractivity contribution in [1.82, 2.24) is 0 Å².